The van der Waals surface area contributed by atoms with Gasteiger partial charge in [0.25, 0.3) is 0 Å². The molecule has 0 saturated carbocycles. The molecule has 3 nitrogen and oxygen atoms in total. The number of hydrogen-bond donors (Lipinski definition) is 2. The van der Waals surface area contributed by atoms with Gasteiger partial charge < -0.3 is 10.2 Å². The van der Waals surface area contributed by atoms with E-state index in [0.717, 1.165) is 31.5 Å². The topological polar surface area (TPSA) is 43.7 Å². The minimum absolute atomic E-state index is 0.114. The van der Waals surface area contributed by atoms with Crippen LogP contribution in [0.15, 0.2) is 24.3 Å². The van der Waals surface area contributed by atoms with Crippen LogP contribution in [0.3, 0.4) is 0 Å². The number of benzene rings is 1. The van der Waals surface area contributed by atoms with Crippen LogP contribution in [0.1, 0.15) is 30.9 Å². The molecule has 0 aliphatic heterocycles. The second kappa shape index (κ2) is 9.57. The average molecular weight is 261 g/mol. The zero-order chi connectivity index (χ0) is 13.9. The Kier molecular flexibility index (Phi) is 7.92. The maximum absolute atomic E-state index is 9.09. The second-order valence-corrected chi connectivity index (χ2v) is 4.51. The maximum Gasteiger partial charge on any atom is 0.104 e. The highest BCUT2D eigenvalue weighted by molar-refractivity contribution is 5.37. The number of unbranched alkanes of at least 4 members (excludes halogenated alkanes) is 1. The van der Waals surface area contributed by atoms with Gasteiger partial charge in [-0.2, -0.15) is 0 Å². The lowest BCUT2D eigenvalue weighted by atomic mass is 10.1. The van der Waals surface area contributed by atoms with Gasteiger partial charge in [0, 0.05) is 18.7 Å². The van der Waals surface area contributed by atoms with Crippen LogP contribution in [-0.4, -0.2) is 41.4 Å². The summed E-state index contributed by atoms with van der Waals surface area (Å²) in [6.07, 6.45) is 2.30. The summed E-state index contributed by atoms with van der Waals surface area (Å²) in [5, 5.41) is 17.8. The van der Waals surface area contributed by atoms with E-state index in [0.29, 0.717) is 6.54 Å². The minimum atomic E-state index is -0.114. The van der Waals surface area contributed by atoms with Gasteiger partial charge in [0.15, 0.2) is 0 Å². The smallest absolute Gasteiger partial charge is 0.104 e. The summed E-state index contributed by atoms with van der Waals surface area (Å²) in [5.41, 5.74) is 2.11. The summed E-state index contributed by atoms with van der Waals surface area (Å²) in [6, 6.07) is 8.03. The van der Waals surface area contributed by atoms with E-state index in [1.807, 2.05) is 18.2 Å². The lowest BCUT2D eigenvalue weighted by Crippen LogP contribution is -2.27. The van der Waals surface area contributed by atoms with Crippen molar-refractivity contribution in [1.29, 1.82) is 0 Å². The van der Waals surface area contributed by atoms with Crippen molar-refractivity contribution in [2.75, 3.05) is 26.3 Å². The van der Waals surface area contributed by atoms with Crippen molar-refractivity contribution in [1.82, 2.24) is 4.90 Å². The molecule has 1 rings (SSSR count). The molecule has 0 radical (unpaired) electrons. The molecule has 2 N–H and O–H groups in total. The van der Waals surface area contributed by atoms with Crippen molar-refractivity contribution in [3.8, 4) is 11.8 Å². The molecule has 0 bridgehead atoms. The van der Waals surface area contributed by atoms with Crippen molar-refractivity contribution >= 4 is 0 Å². The Hall–Kier alpha value is -1.34. The molecule has 104 valence electrons. The number of aliphatic hydroxyl groups is 2. The zero-order valence-corrected chi connectivity index (χ0v) is 11.6. The average Bonchev–Trinajstić information content (AvgIpc) is 2.43. The molecule has 0 atom stereocenters. The van der Waals surface area contributed by atoms with Gasteiger partial charge in [0.1, 0.15) is 6.61 Å². The van der Waals surface area contributed by atoms with Gasteiger partial charge >= 0.3 is 0 Å². The molecule has 0 unspecified atom stereocenters. The fraction of sp³-hybridized carbons (Fsp3) is 0.500. The van der Waals surface area contributed by atoms with Gasteiger partial charge in [-0.05, 0) is 30.7 Å². The quantitative estimate of drug-likeness (QED) is 0.733. The van der Waals surface area contributed by atoms with Gasteiger partial charge in [-0.1, -0.05) is 37.3 Å². The maximum atomic E-state index is 9.09. The molecule has 0 aliphatic carbocycles. The third-order valence-corrected chi connectivity index (χ3v) is 2.89. The standard InChI is InChI=1S/C16H23NO2/c1-2-3-9-17(10-12-19)14-16-7-4-6-15(13-16)8-5-11-18/h4,6-7,13,18-19H,2-3,9-12,14H2,1H3. The SMILES string of the molecule is CCCCN(CCO)Cc1cccc(C#CCO)c1. The van der Waals surface area contributed by atoms with Crippen molar-refractivity contribution in [3.05, 3.63) is 35.4 Å². The Balaban J connectivity index is 2.67. The van der Waals surface area contributed by atoms with Crippen molar-refractivity contribution < 1.29 is 10.2 Å². The van der Waals surface area contributed by atoms with E-state index in [4.69, 9.17) is 10.2 Å². The fourth-order valence-corrected chi connectivity index (χ4v) is 1.94. The Morgan fingerprint density at radius 3 is 2.74 bits per heavy atom. The van der Waals surface area contributed by atoms with Gasteiger partial charge in [-0.3, -0.25) is 4.90 Å². The summed E-state index contributed by atoms with van der Waals surface area (Å²) in [5.74, 6) is 5.57. The number of aliphatic hydroxyl groups excluding tert-OH is 2. The Bertz CT molecular complexity index is 420. The van der Waals surface area contributed by atoms with Crippen LogP contribution in [0.25, 0.3) is 0 Å². The van der Waals surface area contributed by atoms with Crippen LogP contribution in [-0.2, 0) is 6.54 Å². The highest BCUT2D eigenvalue weighted by Gasteiger charge is 2.05. The van der Waals surface area contributed by atoms with E-state index in [1.54, 1.807) is 0 Å². The molecular formula is C16H23NO2. The number of hydrogen-bond acceptors (Lipinski definition) is 3. The molecule has 0 spiro atoms. The minimum Gasteiger partial charge on any atom is -0.395 e. The lowest BCUT2D eigenvalue weighted by molar-refractivity contribution is 0.188. The first kappa shape index (κ1) is 15.7. The summed E-state index contributed by atoms with van der Waals surface area (Å²) < 4.78 is 0. The van der Waals surface area contributed by atoms with E-state index in [-0.39, 0.29) is 13.2 Å². The van der Waals surface area contributed by atoms with E-state index < -0.39 is 0 Å². The molecule has 3 heteroatoms. The third kappa shape index (κ3) is 6.40. The molecule has 0 amide bonds. The molecule has 0 saturated heterocycles. The normalized spacial score (nSPS) is 10.3. The van der Waals surface area contributed by atoms with Crippen LogP contribution in [0, 0.1) is 11.8 Å². The molecule has 0 heterocycles. The molecule has 1 aromatic rings. The monoisotopic (exact) mass is 261 g/mol. The van der Waals surface area contributed by atoms with Crippen molar-refractivity contribution in [3.63, 3.8) is 0 Å². The highest BCUT2D eigenvalue weighted by atomic mass is 16.3. The zero-order valence-electron chi connectivity index (χ0n) is 11.6. The molecule has 19 heavy (non-hydrogen) atoms. The first-order valence-electron chi connectivity index (χ1n) is 6.82. The predicted molar refractivity (Wildman–Crippen MR) is 77.7 cm³/mol. The van der Waals surface area contributed by atoms with Gasteiger partial charge in [-0.25, -0.2) is 0 Å². The molecule has 1 aromatic carbocycles. The lowest BCUT2D eigenvalue weighted by Gasteiger charge is -2.21. The largest absolute Gasteiger partial charge is 0.395 e. The van der Waals surface area contributed by atoms with Crippen LogP contribution in [0.5, 0.6) is 0 Å². The van der Waals surface area contributed by atoms with Crippen molar-refractivity contribution in [2.24, 2.45) is 0 Å². The molecule has 0 aliphatic rings. The number of nitrogens with zero attached hydrogens (tertiary/aromatic N) is 1. The van der Waals surface area contributed by atoms with Crippen LogP contribution < -0.4 is 0 Å². The van der Waals surface area contributed by atoms with Crippen LogP contribution in [0.4, 0.5) is 0 Å². The Morgan fingerprint density at radius 1 is 1.21 bits per heavy atom. The van der Waals surface area contributed by atoms with Crippen molar-refractivity contribution in [2.45, 2.75) is 26.3 Å². The van der Waals surface area contributed by atoms with E-state index in [9.17, 15) is 0 Å². The van der Waals surface area contributed by atoms with Crippen LogP contribution >= 0.6 is 0 Å². The second-order valence-electron chi connectivity index (χ2n) is 4.51. The predicted octanol–water partition coefficient (Wildman–Crippen LogP) is 1.62. The fourth-order valence-electron chi connectivity index (χ4n) is 1.94. The summed E-state index contributed by atoms with van der Waals surface area (Å²) in [7, 11) is 0. The summed E-state index contributed by atoms with van der Waals surface area (Å²) >= 11 is 0. The molecule has 0 aromatic heterocycles. The van der Waals surface area contributed by atoms with E-state index >= 15 is 0 Å². The third-order valence-electron chi connectivity index (χ3n) is 2.89. The Labute approximate surface area is 115 Å². The first-order chi connectivity index (χ1) is 9.30. The van der Waals surface area contributed by atoms with Gasteiger partial charge in [-0.15, -0.1) is 0 Å². The summed E-state index contributed by atoms with van der Waals surface area (Å²) in [6.45, 7) is 4.78. The van der Waals surface area contributed by atoms with Crippen LogP contribution in [0.2, 0.25) is 0 Å². The summed E-state index contributed by atoms with van der Waals surface area (Å²) in [4.78, 5) is 2.25. The highest BCUT2D eigenvalue weighted by Crippen LogP contribution is 2.08. The molecular weight excluding hydrogens is 238 g/mol. The van der Waals surface area contributed by atoms with Gasteiger partial charge in [0.05, 0.1) is 6.61 Å². The molecule has 0 fully saturated rings. The van der Waals surface area contributed by atoms with E-state index in [1.165, 1.54) is 5.56 Å². The number of rotatable bonds is 7. The van der Waals surface area contributed by atoms with E-state index in [2.05, 4.69) is 29.7 Å². The Morgan fingerprint density at radius 2 is 2.05 bits per heavy atom. The van der Waals surface area contributed by atoms with Gasteiger partial charge in [0.2, 0.25) is 0 Å². The first-order valence-corrected chi connectivity index (χ1v) is 6.82.